The Kier molecular flexibility index (Phi) is 4.26. The Morgan fingerprint density at radius 1 is 1.29 bits per heavy atom. The van der Waals surface area contributed by atoms with Crippen LogP contribution in [0, 0.1) is 0 Å². The van der Waals surface area contributed by atoms with Gasteiger partial charge in [0.25, 0.3) is 0 Å². The summed E-state index contributed by atoms with van der Waals surface area (Å²) in [5.41, 5.74) is 0. The predicted molar refractivity (Wildman–Crippen MR) is 88.7 cm³/mol. The summed E-state index contributed by atoms with van der Waals surface area (Å²) in [5, 5.41) is 7.29. The van der Waals surface area contributed by atoms with Crippen LogP contribution in [0.15, 0.2) is 45.6 Å². The van der Waals surface area contributed by atoms with Crippen molar-refractivity contribution in [2.75, 3.05) is 19.0 Å². The highest BCUT2D eigenvalue weighted by atomic mass is 32.2. The van der Waals surface area contributed by atoms with Gasteiger partial charge in [-0.15, -0.1) is 11.3 Å². The lowest BCUT2D eigenvalue weighted by molar-refractivity contribution is 0.413. The number of methoxy groups -OCH3 is 1. The van der Waals surface area contributed by atoms with Crippen LogP contribution in [0.25, 0.3) is 10.2 Å². The topological polar surface area (TPSA) is 47.0 Å². The third kappa shape index (κ3) is 3.11. The standard InChI is InChI=1S/C15H15N3OS2/c1-3-16-15-17-13-12(7-8-20-13)14(18-15)21-11-6-4-5-10(9-11)19-2/h4-9H,3H2,1-2H3,(H,16,17,18). The van der Waals surface area contributed by atoms with Crippen molar-refractivity contribution in [2.24, 2.45) is 0 Å². The van der Waals surface area contributed by atoms with Crippen molar-refractivity contribution >= 4 is 39.3 Å². The van der Waals surface area contributed by atoms with Crippen LogP contribution in [0.2, 0.25) is 0 Å². The quantitative estimate of drug-likeness (QED) is 0.712. The Labute approximate surface area is 131 Å². The van der Waals surface area contributed by atoms with E-state index in [0.29, 0.717) is 5.95 Å². The molecular weight excluding hydrogens is 302 g/mol. The first-order valence-electron chi connectivity index (χ1n) is 6.61. The summed E-state index contributed by atoms with van der Waals surface area (Å²) in [4.78, 5) is 11.2. The van der Waals surface area contributed by atoms with Crippen LogP contribution in [-0.4, -0.2) is 23.6 Å². The zero-order valence-electron chi connectivity index (χ0n) is 11.8. The van der Waals surface area contributed by atoms with Crippen molar-refractivity contribution in [1.82, 2.24) is 9.97 Å². The molecule has 0 aliphatic heterocycles. The first kappa shape index (κ1) is 14.2. The maximum Gasteiger partial charge on any atom is 0.225 e. The summed E-state index contributed by atoms with van der Waals surface area (Å²) in [6.07, 6.45) is 0. The molecule has 0 radical (unpaired) electrons. The maximum absolute atomic E-state index is 5.27. The van der Waals surface area contributed by atoms with Gasteiger partial charge in [-0.1, -0.05) is 17.8 Å². The van der Waals surface area contributed by atoms with Gasteiger partial charge in [-0.25, -0.2) is 9.97 Å². The molecule has 0 fully saturated rings. The van der Waals surface area contributed by atoms with Crippen LogP contribution >= 0.6 is 23.1 Å². The van der Waals surface area contributed by atoms with Crippen LogP contribution in [0.3, 0.4) is 0 Å². The van der Waals surface area contributed by atoms with Crippen molar-refractivity contribution in [2.45, 2.75) is 16.8 Å². The number of aromatic nitrogens is 2. The minimum atomic E-state index is 0.679. The number of thiophene rings is 1. The van der Waals surface area contributed by atoms with Crippen molar-refractivity contribution in [3.8, 4) is 5.75 Å². The predicted octanol–water partition coefficient (Wildman–Crippen LogP) is 4.28. The molecule has 3 rings (SSSR count). The minimum Gasteiger partial charge on any atom is -0.497 e. The normalized spacial score (nSPS) is 10.8. The van der Waals surface area contributed by atoms with Gasteiger partial charge >= 0.3 is 0 Å². The van der Waals surface area contributed by atoms with E-state index in [1.807, 2.05) is 30.5 Å². The van der Waals surface area contributed by atoms with Crippen molar-refractivity contribution in [3.05, 3.63) is 35.7 Å². The Morgan fingerprint density at radius 3 is 3.00 bits per heavy atom. The summed E-state index contributed by atoms with van der Waals surface area (Å²) in [5.74, 6) is 1.53. The van der Waals surface area contributed by atoms with Crippen LogP contribution in [0.1, 0.15) is 6.92 Å². The molecule has 0 bridgehead atoms. The van der Waals surface area contributed by atoms with Gasteiger partial charge in [0, 0.05) is 16.8 Å². The van der Waals surface area contributed by atoms with Crippen LogP contribution in [0.4, 0.5) is 5.95 Å². The molecular formula is C15H15N3OS2. The van der Waals surface area contributed by atoms with E-state index >= 15 is 0 Å². The second-order valence-electron chi connectivity index (χ2n) is 4.30. The number of nitrogens with one attached hydrogen (secondary N) is 1. The molecule has 6 heteroatoms. The summed E-state index contributed by atoms with van der Waals surface area (Å²) >= 11 is 3.26. The molecule has 0 aliphatic rings. The minimum absolute atomic E-state index is 0.679. The fourth-order valence-corrected chi connectivity index (χ4v) is 3.70. The van der Waals surface area contributed by atoms with E-state index in [4.69, 9.17) is 4.74 Å². The summed E-state index contributed by atoms with van der Waals surface area (Å²) in [7, 11) is 1.68. The Balaban J connectivity index is 1.99. The lowest BCUT2D eigenvalue weighted by Crippen LogP contribution is -2.02. The van der Waals surface area contributed by atoms with E-state index < -0.39 is 0 Å². The summed E-state index contributed by atoms with van der Waals surface area (Å²) < 4.78 is 5.27. The van der Waals surface area contributed by atoms with Crippen LogP contribution in [0.5, 0.6) is 5.75 Å². The molecule has 108 valence electrons. The molecule has 3 aromatic rings. The molecule has 0 aliphatic carbocycles. The van der Waals surface area contributed by atoms with Crippen molar-refractivity contribution in [1.29, 1.82) is 0 Å². The number of nitrogens with zero attached hydrogens (tertiary/aromatic N) is 2. The SMILES string of the molecule is CCNc1nc(Sc2cccc(OC)c2)c2ccsc2n1. The monoisotopic (exact) mass is 317 g/mol. The number of fused-ring (bicyclic) bond motifs is 1. The highest BCUT2D eigenvalue weighted by Crippen LogP contribution is 2.35. The van der Waals surface area contributed by atoms with Crippen molar-refractivity contribution < 1.29 is 4.74 Å². The largest absolute Gasteiger partial charge is 0.497 e. The molecule has 0 saturated carbocycles. The number of hydrogen-bond donors (Lipinski definition) is 1. The molecule has 4 nitrogen and oxygen atoms in total. The van der Waals surface area contributed by atoms with Gasteiger partial charge in [0.1, 0.15) is 15.6 Å². The van der Waals surface area contributed by atoms with E-state index in [1.165, 1.54) is 0 Å². The van der Waals surface area contributed by atoms with Crippen LogP contribution in [-0.2, 0) is 0 Å². The lowest BCUT2D eigenvalue weighted by atomic mass is 10.3. The fourth-order valence-electron chi connectivity index (χ4n) is 1.92. The lowest BCUT2D eigenvalue weighted by Gasteiger charge is -2.07. The van der Waals surface area contributed by atoms with E-state index in [9.17, 15) is 0 Å². The smallest absolute Gasteiger partial charge is 0.225 e. The number of rotatable bonds is 5. The molecule has 1 N–H and O–H groups in total. The summed E-state index contributed by atoms with van der Waals surface area (Å²) in [6.45, 7) is 2.84. The van der Waals surface area contributed by atoms with E-state index in [-0.39, 0.29) is 0 Å². The Morgan fingerprint density at radius 2 is 2.19 bits per heavy atom. The number of benzene rings is 1. The van der Waals surface area contributed by atoms with Gasteiger partial charge in [0.2, 0.25) is 5.95 Å². The summed E-state index contributed by atoms with van der Waals surface area (Å²) in [6, 6.07) is 10.1. The first-order valence-corrected chi connectivity index (χ1v) is 8.31. The zero-order valence-corrected chi connectivity index (χ0v) is 13.4. The molecule has 0 atom stereocenters. The third-order valence-electron chi connectivity index (χ3n) is 2.88. The second kappa shape index (κ2) is 6.32. The maximum atomic E-state index is 5.27. The van der Waals surface area contributed by atoms with Gasteiger partial charge < -0.3 is 10.1 Å². The van der Waals surface area contributed by atoms with E-state index in [2.05, 4.69) is 27.4 Å². The molecule has 0 saturated heterocycles. The molecule has 0 amide bonds. The molecule has 21 heavy (non-hydrogen) atoms. The van der Waals surface area contributed by atoms with Gasteiger partial charge in [-0.05, 0) is 36.6 Å². The van der Waals surface area contributed by atoms with Crippen molar-refractivity contribution in [3.63, 3.8) is 0 Å². The zero-order chi connectivity index (χ0) is 14.7. The molecule has 0 spiro atoms. The first-order chi connectivity index (χ1) is 10.3. The molecule has 1 aromatic carbocycles. The fraction of sp³-hybridized carbons (Fsp3) is 0.200. The number of hydrogen-bond acceptors (Lipinski definition) is 6. The molecule has 0 unspecified atom stereocenters. The third-order valence-corrected chi connectivity index (χ3v) is 4.68. The number of anilines is 1. The van der Waals surface area contributed by atoms with Gasteiger partial charge in [0.05, 0.1) is 7.11 Å². The van der Waals surface area contributed by atoms with Crippen LogP contribution < -0.4 is 10.1 Å². The molecule has 2 aromatic heterocycles. The van der Waals surface area contributed by atoms with E-state index in [1.54, 1.807) is 30.2 Å². The average molecular weight is 317 g/mol. The van der Waals surface area contributed by atoms with Gasteiger partial charge in [0.15, 0.2) is 0 Å². The van der Waals surface area contributed by atoms with Gasteiger partial charge in [-0.3, -0.25) is 0 Å². The highest BCUT2D eigenvalue weighted by molar-refractivity contribution is 7.99. The average Bonchev–Trinajstić information content (AvgIpc) is 2.96. The Hall–Kier alpha value is -1.79. The second-order valence-corrected chi connectivity index (χ2v) is 6.26. The Bertz CT molecular complexity index is 758. The number of ether oxygens (including phenoxy) is 1. The van der Waals surface area contributed by atoms with E-state index in [0.717, 1.165) is 32.4 Å². The van der Waals surface area contributed by atoms with Gasteiger partial charge in [-0.2, -0.15) is 0 Å². The molecule has 2 heterocycles. The highest BCUT2D eigenvalue weighted by Gasteiger charge is 2.10.